The first-order valence-electron chi connectivity index (χ1n) is 11.5. The molecule has 0 saturated carbocycles. The van der Waals surface area contributed by atoms with E-state index in [1.165, 1.54) is 0 Å². The van der Waals surface area contributed by atoms with Gasteiger partial charge >= 0.3 is 12.2 Å². The van der Waals surface area contributed by atoms with Crippen LogP contribution in [0.5, 0.6) is 0 Å². The van der Waals surface area contributed by atoms with Crippen LogP contribution in [0.3, 0.4) is 0 Å². The van der Waals surface area contributed by atoms with Crippen molar-refractivity contribution < 1.29 is 19.1 Å². The van der Waals surface area contributed by atoms with E-state index in [1.807, 2.05) is 56.0 Å². The molecule has 172 valence electrons. The van der Waals surface area contributed by atoms with Gasteiger partial charge in [-0.15, -0.1) is 0 Å². The summed E-state index contributed by atoms with van der Waals surface area (Å²) in [6.45, 7) is 11.8. The zero-order valence-electron chi connectivity index (χ0n) is 19.2. The van der Waals surface area contributed by atoms with Crippen LogP contribution >= 0.6 is 0 Å². The summed E-state index contributed by atoms with van der Waals surface area (Å²) in [6, 6.07) is 9.79. The SMILES string of the molecule is CC(C)(C)OC(=O)N1CCN(CCC2CCN(C(=O)OCc3ccccc3)CC2)CC1. The molecule has 0 N–H and O–H groups in total. The molecule has 0 bridgehead atoms. The van der Waals surface area contributed by atoms with Gasteiger partial charge in [-0.2, -0.15) is 0 Å². The maximum Gasteiger partial charge on any atom is 0.410 e. The number of benzene rings is 1. The molecular weight excluding hydrogens is 394 g/mol. The number of piperazine rings is 1. The Balaban J connectivity index is 1.29. The van der Waals surface area contributed by atoms with Gasteiger partial charge < -0.3 is 19.3 Å². The van der Waals surface area contributed by atoms with Crippen LogP contribution in [0.1, 0.15) is 45.6 Å². The number of piperidine rings is 1. The molecule has 1 aromatic carbocycles. The first kappa shape index (κ1) is 23.4. The van der Waals surface area contributed by atoms with Crippen LogP contribution < -0.4 is 0 Å². The Morgan fingerprint density at radius 3 is 2.13 bits per heavy atom. The Labute approximate surface area is 186 Å². The minimum Gasteiger partial charge on any atom is -0.445 e. The van der Waals surface area contributed by atoms with Crippen LogP contribution in [-0.2, 0) is 16.1 Å². The number of hydrogen-bond donors (Lipinski definition) is 0. The van der Waals surface area contributed by atoms with Crippen molar-refractivity contribution in [3.63, 3.8) is 0 Å². The number of likely N-dealkylation sites (tertiary alicyclic amines) is 1. The van der Waals surface area contributed by atoms with Crippen LogP contribution in [0.15, 0.2) is 30.3 Å². The highest BCUT2D eigenvalue weighted by Crippen LogP contribution is 2.22. The molecule has 2 amide bonds. The number of amides is 2. The third kappa shape index (κ3) is 7.73. The highest BCUT2D eigenvalue weighted by Gasteiger charge is 2.27. The molecule has 7 heteroatoms. The number of ether oxygens (including phenoxy) is 2. The largest absolute Gasteiger partial charge is 0.445 e. The second-order valence-corrected chi connectivity index (χ2v) is 9.57. The quantitative estimate of drug-likeness (QED) is 0.706. The molecule has 0 spiro atoms. The summed E-state index contributed by atoms with van der Waals surface area (Å²) in [5, 5.41) is 0. The van der Waals surface area contributed by atoms with E-state index in [4.69, 9.17) is 9.47 Å². The Bertz CT molecular complexity index is 703. The first-order valence-corrected chi connectivity index (χ1v) is 11.5. The fourth-order valence-electron chi connectivity index (χ4n) is 4.06. The van der Waals surface area contributed by atoms with Crippen LogP contribution in [-0.4, -0.2) is 78.3 Å². The van der Waals surface area contributed by atoms with Gasteiger partial charge in [0.05, 0.1) is 0 Å². The van der Waals surface area contributed by atoms with E-state index in [1.54, 1.807) is 4.90 Å². The zero-order valence-corrected chi connectivity index (χ0v) is 19.2. The average molecular weight is 432 g/mol. The summed E-state index contributed by atoms with van der Waals surface area (Å²) in [5.41, 5.74) is 0.564. The predicted octanol–water partition coefficient (Wildman–Crippen LogP) is 3.98. The van der Waals surface area contributed by atoms with E-state index < -0.39 is 5.60 Å². The Morgan fingerprint density at radius 1 is 0.903 bits per heavy atom. The molecule has 2 aliphatic heterocycles. The minimum atomic E-state index is -0.447. The zero-order chi connectivity index (χ0) is 22.3. The van der Waals surface area contributed by atoms with Gasteiger partial charge in [0.25, 0.3) is 0 Å². The smallest absolute Gasteiger partial charge is 0.410 e. The number of rotatable bonds is 5. The Kier molecular flexibility index (Phi) is 8.18. The molecule has 0 radical (unpaired) electrons. The topological polar surface area (TPSA) is 62.3 Å². The summed E-state index contributed by atoms with van der Waals surface area (Å²) >= 11 is 0. The van der Waals surface area contributed by atoms with Gasteiger partial charge in [-0.3, -0.25) is 4.90 Å². The first-order chi connectivity index (χ1) is 14.8. The molecule has 1 aromatic rings. The molecule has 0 unspecified atom stereocenters. The highest BCUT2D eigenvalue weighted by atomic mass is 16.6. The van der Waals surface area contributed by atoms with Gasteiger partial charge in [0, 0.05) is 39.3 Å². The highest BCUT2D eigenvalue weighted by molar-refractivity contribution is 5.68. The lowest BCUT2D eigenvalue weighted by molar-refractivity contribution is 0.0137. The van der Waals surface area contributed by atoms with E-state index >= 15 is 0 Å². The average Bonchev–Trinajstić information content (AvgIpc) is 2.76. The maximum atomic E-state index is 12.3. The lowest BCUT2D eigenvalue weighted by Crippen LogP contribution is -2.50. The van der Waals surface area contributed by atoms with E-state index in [0.717, 1.165) is 70.6 Å². The lowest BCUT2D eigenvalue weighted by Gasteiger charge is -2.37. The van der Waals surface area contributed by atoms with Crippen LogP contribution in [0.2, 0.25) is 0 Å². The standard InChI is InChI=1S/C24H37N3O4/c1-24(2,3)31-23(29)27-17-15-25(16-18-27)12-9-20-10-13-26(14-11-20)22(28)30-19-21-7-5-4-6-8-21/h4-8,20H,9-19H2,1-3H3. The molecule has 0 aromatic heterocycles. The molecular formula is C24H37N3O4. The molecule has 2 heterocycles. The summed E-state index contributed by atoms with van der Waals surface area (Å²) < 4.78 is 10.9. The fraction of sp³-hybridized carbons (Fsp3) is 0.667. The molecule has 7 nitrogen and oxygen atoms in total. The summed E-state index contributed by atoms with van der Waals surface area (Å²) in [7, 11) is 0. The third-order valence-electron chi connectivity index (χ3n) is 5.96. The van der Waals surface area contributed by atoms with Crippen molar-refractivity contribution in [3.05, 3.63) is 35.9 Å². The lowest BCUT2D eigenvalue weighted by atomic mass is 9.93. The number of hydrogen-bond acceptors (Lipinski definition) is 5. The number of carbonyl (C=O) groups excluding carboxylic acids is 2. The van der Waals surface area contributed by atoms with Crippen LogP contribution in [0.25, 0.3) is 0 Å². The van der Waals surface area contributed by atoms with E-state index in [9.17, 15) is 9.59 Å². The Morgan fingerprint density at radius 2 is 1.52 bits per heavy atom. The van der Waals surface area contributed by atoms with Crippen LogP contribution in [0.4, 0.5) is 9.59 Å². The molecule has 0 atom stereocenters. The normalized spacial score (nSPS) is 18.7. The van der Waals surface area contributed by atoms with Crippen molar-refractivity contribution >= 4 is 12.2 Å². The number of nitrogens with zero attached hydrogens (tertiary/aromatic N) is 3. The van der Waals surface area contributed by atoms with Gasteiger partial charge in [-0.1, -0.05) is 30.3 Å². The van der Waals surface area contributed by atoms with Crippen molar-refractivity contribution in [2.45, 2.75) is 52.2 Å². The molecule has 31 heavy (non-hydrogen) atoms. The molecule has 0 aliphatic carbocycles. The fourth-order valence-corrected chi connectivity index (χ4v) is 4.06. The van der Waals surface area contributed by atoms with Gasteiger partial charge in [0.15, 0.2) is 0 Å². The van der Waals surface area contributed by atoms with Gasteiger partial charge in [0.1, 0.15) is 12.2 Å². The maximum absolute atomic E-state index is 12.3. The molecule has 2 aliphatic rings. The van der Waals surface area contributed by atoms with Gasteiger partial charge in [-0.25, -0.2) is 9.59 Å². The van der Waals surface area contributed by atoms with Crippen molar-refractivity contribution in [2.24, 2.45) is 5.92 Å². The van der Waals surface area contributed by atoms with Crippen molar-refractivity contribution in [1.29, 1.82) is 0 Å². The summed E-state index contributed by atoms with van der Waals surface area (Å²) in [4.78, 5) is 30.6. The van der Waals surface area contributed by atoms with Crippen molar-refractivity contribution in [2.75, 3.05) is 45.8 Å². The summed E-state index contributed by atoms with van der Waals surface area (Å²) in [6.07, 6.45) is 2.77. The molecule has 2 fully saturated rings. The Hall–Kier alpha value is -2.28. The summed E-state index contributed by atoms with van der Waals surface area (Å²) in [5.74, 6) is 0.641. The molecule has 2 saturated heterocycles. The van der Waals surface area contributed by atoms with Gasteiger partial charge in [0.2, 0.25) is 0 Å². The van der Waals surface area contributed by atoms with E-state index in [2.05, 4.69) is 4.90 Å². The predicted molar refractivity (Wildman–Crippen MR) is 120 cm³/mol. The third-order valence-corrected chi connectivity index (χ3v) is 5.96. The van der Waals surface area contributed by atoms with Crippen molar-refractivity contribution in [1.82, 2.24) is 14.7 Å². The van der Waals surface area contributed by atoms with Gasteiger partial charge in [-0.05, 0) is 58.1 Å². The number of carbonyl (C=O) groups is 2. The molecule has 3 rings (SSSR count). The van der Waals surface area contributed by atoms with Crippen molar-refractivity contribution in [3.8, 4) is 0 Å². The monoisotopic (exact) mass is 431 g/mol. The minimum absolute atomic E-state index is 0.208. The van der Waals surface area contributed by atoms with E-state index in [0.29, 0.717) is 12.5 Å². The second kappa shape index (κ2) is 10.8. The van der Waals surface area contributed by atoms with Crippen LogP contribution in [0, 0.1) is 5.92 Å². The second-order valence-electron chi connectivity index (χ2n) is 9.57. The van der Waals surface area contributed by atoms with E-state index in [-0.39, 0.29) is 12.2 Å².